The van der Waals surface area contributed by atoms with Crippen LogP contribution in [-0.4, -0.2) is 39.6 Å². The molecule has 4 heteroatoms. The molecule has 1 aliphatic rings. The maximum Gasteiger partial charge on any atom is 0.119 e. The Labute approximate surface area is 379 Å². The molecule has 0 unspecified atom stereocenters. The molecular formula is C59H70O4. The van der Waals surface area contributed by atoms with Gasteiger partial charge in [-0.3, -0.25) is 0 Å². The van der Waals surface area contributed by atoms with E-state index in [2.05, 4.69) is 141 Å². The molecule has 0 saturated heterocycles. The molecule has 4 nitrogen and oxygen atoms in total. The van der Waals surface area contributed by atoms with E-state index in [0.717, 1.165) is 11.5 Å². The molecule has 7 rings (SSSR count). The summed E-state index contributed by atoms with van der Waals surface area (Å²) in [4.78, 5) is 0. The summed E-state index contributed by atoms with van der Waals surface area (Å²) in [5.74, 6) is 1.70. The predicted octanol–water partition coefficient (Wildman–Crippen LogP) is 15.9. The zero-order valence-electron chi connectivity index (χ0n) is 38.1. The average Bonchev–Trinajstić information content (AvgIpc) is 3.60. The van der Waals surface area contributed by atoms with Crippen molar-refractivity contribution < 1.29 is 18.9 Å². The van der Waals surface area contributed by atoms with Gasteiger partial charge in [0.15, 0.2) is 0 Å². The molecule has 0 saturated carbocycles. The Balaban J connectivity index is 0.941. The van der Waals surface area contributed by atoms with Crippen molar-refractivity contribution in [3.05, 3.63) is 157 Å². The third-order valence-corrected chi connectivity index (χ3v) is 12.9. The van der Waals surface area contributed by atoms with Crippen molar-refractivity contribution in [1.82, 2.24) is 0 Å². The molecule has 330 valence electrons. The minimum absolute atomic E-state index is 0.0126. The Morgan fingerprint density at radius 3 is 1.13 bits per heavy atom. The van der Waals surface area contributed by atoms with Crippen LogP contribution in [0.3, 0.4) is 0 Å². The number of fused-ring (bicyclic) bond motifs is 3. The fraction of sp³-hybridized carbons (Fsp3) is 0.390. The fourth-order valence-electron chi connectivity index (χ4n) is 9.44. The first-order valence-corrected chi connectivity index (χ1v) is 24.2. The Hall–Kier alpha value is -5.16. The third kappa shape index (κ3) is 12.7. The molecule has 0 N–H and O–H groups in total. The molecule has 6 aromatic rings. The van der Waals surface area contributed by atoms with Crippen LogP contribution in [0.5, 0.6) is 11.5 Å². The van der Waals surface area contributed by atoms with E-state index in [1.165, 1.54) is 140 Å². The first kappa shape index (κ1) is 45.9. The number of ether oxygens (including phenoxy) is 4. The van der Waals surface area contributed by atoms with E-state index >= 15 is 0 Å². The minimum atomic E-state index is 0.0126. The second-order valence-electron chi connectivity index (χ2n) is 17.3. The second-order valence-corrected chi connectivity index (χ2v) is 17.3. The quantitative estimate of drug-likeness (QED) is 0.0461. The summed E-state index contributed by atoms with van der Waals surface area (Å²) in [6.45, 7) is 7.66. The first-order chi connectivity index (χ1) is 31.2. The smallest absolute Gasteiger partial charge is 0.119 e. The van der Waals surface area contributed by atoms with Crippen LogP contribution >= 0.6 is 0 Å². The van der Waals surface area contributed by atoms with E-state index in [9.17, 15) is 0 Å². The Morgan fingerprint density at radius 1 is 0.333 bits per heavy atom. The molecule has 0 aliphatic heterocycles. The van der Waals surface area contributed by atoms with Crippen LogP contribution in [0.25, 0.3) is 44.5 Å². The molecule has 0 aromatic heterocycles. The third-order valence-electron chi connectivity index (χ3n) is 12.9. The van der Waals surface area contributed by atoms with E-state index in [1.54, 1.807) is 5.56 Å². The van der Waals surface area contributed by atoms with Gasteiger partial charge in [-0.25, -0.2) is 0 Å². The van der Waals surface area contributed by atoms with Gasteiger partial charge in [-0.05, 0) is 105 Å². The maximum absolute atomic E-state index is 6.10. The lowest BCUT2D eigenvalue weighted by molar-refractivity contribution is 0.0273. The lowest BCUT2D eigenvalue weighted by atomic mass is 9.70. The van der Waals surface area contributed by atoms with Crippen LogP contribution in [-0.2, 0) is 14.9 Å². The summed E-state index contributed by atoms with van der Waals surface area (Å²) in [6.07, 6.45) is 18.2. The van der Waals surface area contributed by atoms with Crippen molar-refractivity contribution in [3.8, 4) is 56.0 Å². The molecule has 0 fully saturated rings. The van der Waals surface area contributed by atoms with Gasteiger partial charge in [0.2, 0.25) is 0 Å². The van der Waals surface area contributed by atoms with Gasteiger partial charge >= 0.3 is 0 Å². The highest BCUT2D eigenvalue weighted by Crippen LogP contribution is 2.56. The zero-order chi connectivity index (χ0) is 43.4. The monoisotopic (exact) mass is 843 g/mol. The topological polar surface area (TPSA) is 36.9 Å². The van der Waals surface area contributed by atoms with E-state index in [4.69, 9.17) is 18.9 Å². The Kier molecular flexibility index (Phi) is 17.9. The van der Waals surface area contributed by atoms with E-state index in [-0.39, 0.29) is 5.41 Å². The SMILES string of the molecule is CCCCCCCCC1(CCCCCCCC)c2cc(-c3ccccc3)ccc2-c2ccc(-c3ccc(OCCOCCOCCOc4ccc(-c5ccccc5)cc4)cc3)cc21. The standard InChI is InChI=1S/C59H70O4/c1-3-5-7-9-11-19-37-59(38-20-12-10-8-6-4-2)57-45-51(48-23-17-14-18-24-48)29-35-55(57)56-36-30-52(46-58(56)59)50-27-33-54(34-28-50)63-44-42-61-40-39-60-41-43-62-53-31-25-49(26-32-53)47-21-15-13-16-22-47/h13-18,21-36,45-46H,3-12,19-20,37-44H2,1-2H3. The molecule has 0 amide bonds. The molecule has 0 bridgehead atoms. The van der Waals surface area contributed by atoms with Crippen LogP contribution in [0.2, 0.25) is 0 Å². The lowest BCUT2D eigenvalue weighted by Crippen LogP contribution is -2.25. The normalized spacial score (nSPS) is 12.5. The van der Waals surface area contributed by atoms with Gasteiger partial charge in [0, 0.05) is 5.41 Å². The summed E-state index contributed by atoms with van der Waals surface area (Å²) < 4.78 is 23.5. The van der Waals surface area contributed by atoms with Crippen LogP contribution in [0.1, 0.15) is 115 Å². The molecule has 63 heavy (non-hydrogen) atoms. The summed E-state index contributed by atoms with van der Waals surface area (Å²) in [5.41, 5.74) is 13.5. The average molecular weight is 843 g/mol. The number of hydrogen-bond donors (Lipinski definition) is 0. The van der Waals surface area contributed by atoms with E-state index in [0.29, 0.717) is 39.6 Å². The second kappa shape index (κ2) is 24.6. The molecule has 6 aromatic carbocycles. The minimum Gasteiger partial charge on any atom is -0.491 e. The van der Waals surface area contributed by atoms with Crippen molar-refractivity contribution in [2.24, 2.45) is 0 Å². The first-order valence-electron chi connectivity index (χ1n) is 24.2. The van der Waals surface area contributed by atoms with E-state index in [1.807, 2.05) is 18.2 Å². The van der Waals surface area contributed by atoms with Crippen molar-refractivity contribution in [2.45, 2.75) is 109 Å². The largest absolute Gasteiger partial charge is 0.491 e. The molecule has 0 spiro atoms. The maximum atomic E-state index is 6.10. The van der Waals surface area contributed by atoms with E-state index < -0.39 is 0 Å². The van der Waals surface area contributed by atoms with Gasteiger partial charge in [-0.15, -0.1) is 0 Å². The number of rotatable bonds is 28. The van der Waals surface area contributed by atoms with Crippen LogP contribution in [0.4, 0.5) is 0 Å². The Morgan fingerprint density at radius 2 is 0.683 bits per heavy atom. The fourth-order valence-corrected chi connectivity index (χ4v) is 9.44. The van der Waals surface area contributed by atoms with Crippen LogP contribution in [0.15, 0.2) is 146 Å². The number of benzene rings is 6. The summed E-state index contributed by atoms with van der Waals surface area (Å²) in [6, 6.07) is 52.8. The van der Waals surface area contributed by atoms with Crippen molar-refractivity contribution >= 4 is 0 Å². The highest BCUT2D eigenvalue weighted by Gasteiger charge is 2.42. The highest BCUT2D eigenvalue weighted by molar-refractivity contribution is 5.86. The lowest BCUT2D eigenvalue weighted by Gasteiger charge is -2.33. The highest BCUT2D eigenvalue weighted by atomic mass is 16.6. The molecule has 1 aliphatic carbocycles. The van der Waals surface area contributed by atoms with Crippen LogP contribution < -0.4 is 9.47 Å². The Bertz CT molecular complexity index is 2200. The molecule has 0 radical (unpaired) electrons. The number of hydrogen-bond acceptors (Lipinski definition) is 4. The van der Waals surface area contributed by atoms with Gasteiger partial charge in [0.05, 0.1) is 26.4 Å². The van der Waals surface area contributed by atoms with Gasteiger partial charge < -0.3 is 18.9 Å². The molecule has 0 heterocycles. The van der Waals surface area contributed by atoms with Crippen molar-refractivity contribution in [2.75, 3.05) is 39.6 Å². The predicted molar refractivity (Wildman–Crippen MR) is 264 cm³/mol. The van der Waals surface area contributed by atoms with Crippen molar-refractivity contribution in [3.63, 3.8) is 0 Å². The van der Waals surface area contributed by atoms with Gasteiger partial charge in [-0.1, -0.05) is 200 Å². The van der Waals surface area contributed by atoms with Gasteiger partial charge in [0.1, 0.15) is 24.7 Å². The summed E-state index contributed by atoms with van der Waals surface area (Å²) in [7, 11) is 0. The zero-order valence-corrected chi connectivity index (χ0v) is 38.1. The van der Waals surface area contributed by atoms with Gasteiger partial charge in [0.25, 0.3) is 0 Å². The summed E-state index contributed by atoms with van der Waals surface area (Å²) >= 11 is 0. The molecule has 0 atom stereocenters. The van der Waals surface area contributed by atoms with Crippen LogP contribution in [0, 0.1) is 0 Å². The van der Waals surface area contributed by atoms with Gasteiger partial charge in [-0.2, -0.15) is 0 Å². The molecular weight excluding hydrogens is 773 g/mol. The van der Waals surface area contributed by atoms with Crippen molar-refractivity contribution in [1.29, 1.82) is 0 Å². The number of unbranched alkanes of at least 4 members (excludes halogenated alkanes) is 10. The summed E-state index contributed by atoms with van der Waals surface area (Å²) in [5, 5.41) is 0.